The Hall–Kier alpha value is -1.06. The monoisotopic (exact) mass is 262 g/mol. The van der Waals surface area contributed by atoms with Crippen LogP contribution in [0.5, 0.6) is 0 Å². The number of aliphatic hydroxyl groups excluding tert-OH is 1. The van der Waals surface area contributed by atoms with E-state index in [-0.39, 0.29) is 0 Å². The van der Waals surface area contributed by atoms with Gasteiger partial charge < -0.3 is 15.3 Å². The Labute approximate surface area is 116 Å². The third-order valence-corrected chi connectivity index (χ3v) is 4.13. The Kier molecular flexibility index (Phi) is 5.23. The summed E-state index contributed by atoms with van der Waals surface area (Å²) >= 11 is 0. The van der Waals surface area contributed by atoms with Gasteiger partial charge in [-0.3, -0.25) is 0 Å². The van der Waals surface area contributed by atoms with Gasteiger partial charge in [0.2, 0.25) is 0 Å². The highest BCUT2D eigenvalue weighted by atomic mass is 16.3. The van der Waals surface area contributed by atoms with E-state index in [0.29, 0.717) is 12.5 Å². The number of nitrogens with zero attached hydrogens (tertiary/aromatic N) is 1. The molecule has 0 amide bonds. The number of piperidine rings is 1. The fourth-order valence-corrected chi connectivity index (χ4v) is 2.71. The SMILES string of the molecule is CCNCc1ccc(N2CCC(CO)CC2)cc1C. The van der Waals surface area contributed by atoms with Crippen LogP contribution < -0.4 is 10.2 Å². The Balaban J connectivity index is 1.99. The Morgan fingerprint density at radius 1 is 1.32 bits per heavy atom. The van der Waals surface area contributed by atoms with Crippen molar-refractivity contribution < 1.29 is 5.11 Å². The molecule has 1 aliphatic rings. The lowest BCUT2D eigenvalue weighted by Gasteiger charge is -2.33. The minimum absolute atomic E-state index is 0.342. The Morgan fingerprint density at radius 3 is 2.63 bits per heavy atom. The quantitative estimate of drug-likeness (QED) is 0.855. The van der Waals surface area contributed by atoms with Gasteiger partial charge in [-0.2, -0.15) is 0 Å². The summed E-state index contributed by atoms with van der Waals surface area (Å²) in [6.45, 7) is 8.76. The molecular weight excluding hydrogens is 236 g/mol. The first-order chi connectivity index (χ1) is 9.24. The molecule has 2 N–H and O–H groups in total. The molecule has 0 aromatic heterocycles. The van der Waals surface area contributed by atoms with Gasteiger partial charge in [0.05, 0.1) is 0 Å². The molecule has 0 spiro atoms. The third-order valence-electron chi connectivity index (χ3n) is 4.13. The van der Waals surface area contributed by atoms with Crippen LogP contribution in [0.2, 0.25) is 0 Å². The number of aryl methyl sites for hydroxylation is 1. The molecule has 2 rings (SSSR count). The molecule has 0 bridgehead atoms. The number of anilines is 1. The van der Waals surface area contributed by atoms with E-state index in [4.69, 9.17) is 0 Å². The van der Waals surface area contributed by atoms with Gasteiger partial charge in [-0.25, -0.2) is 0 Å². The molecule has 106 valence electrons. The van der Waals surface area contributed by atoms with Crippen LogP contribution in [-0.4, -0.2) is 31.3 Å². The summed E-state index contributed by atoms with van der Waals surface area (Å²) in [6.07, 6.45) is 2.21. The third kappa shape index (κ3) is 3.71. The molecule has 0 saturated carbocycles. The van der Waals surface area contributed by atoms with Crippen molar-refractivity contribution in [2.75, 3.05) is 31.1 Å². The van der Waals surface area contributed by atoms with E-state index >= 15 is 0 Å². The molecule has 1 aromatic carbocycles. The fourth-order valence-electron chi connectivity index (χ4n) is 2.71. The minimum Gasteiger partial charge on any atom is -0.396 e. The highest BCUT2D eigenvalue weighted by Gasteiger charge is 2.18. The zero-order chi connectivity index (χ0) is 13.7. The molecule has 3 heteroatoms. The van der Waals surface area contributed by atoms with E-state index in [1.807, 2.05) is 0 Å². The Morgan fingerprint density at radius 2 is 2.05 bits per heavy atom. The number of aliphatic hydroxyl groups is 1. The van der Waals surface area contributed by atoms with Gasteiger partial charge in [0.25, 0.3) is 0 Å². The van der Waals surface area contributed by atoms with Gasteiger partial charge in [0, 0.05) is 31.9 Å². The summed E-state index contributed by atoms with van der Waals surface area (Å²) in [6, 6.07) is 6.77. The van der Waals surface area contributed by atoms with E-state index < -0.39 is 0 Å². The highest BCUT2D eigenvalue weighted by Crippen LogP contribution is 2.25. The smallest absolute Gasteiger partial charge is 0.0460 e. The zero-order valence-corrected chi connectivity index (χ0v) is 12.2. The first kappa shape index (κ1) is 14.4. The average molecular weight is 262 g/mol. The van der Waals surface area contributed by atoms with Gasteiger partial charge >= 0.3 is 0 Å². The lowest BCUT2D eigenvalue weighted by molar-refractivity contribution is 0.203. The first-order valence-electron chi connectivity index (χ1n) is 7.40. The molecule has 1 aliphatic heterocycles. The fraction of sp³-hybridized carbons (Fsp3) is 0.625. The van der Waals surface area contributed by atoms with Crippen molar-refractivity contribution in [3.8, 4) is 0 Å². The van der Waals surface area contributed by atoms with Gasteiger partial charge in [0.1, 0.15) is 0 Å². The average Bonchev–Trinajstić information content (AvgIpc) is 2.46. The molecule has 0 radical (unpaired) electrons. The van der Waals surface area contributed by atoms with Crippen molar-refractivity contribution in [3.63, 3.8) is 0 Å². The van der Waals surface area contributed by atoms with Gasteiger partial charge in [-0.15, -0.1) is 0 Å². The van der Waals surface area contributed by atoms with Gasteiger partial charge in [-0.1, -0.05) is 13.0 Å². The van der Waals surface area contributed by atoms with Crippen LogP contribution in [0, 0.1) is 12.8 Å². The second kappa shape index (κ2) is 6.92. The van der Waals surface area contributed by atoms with Crippen molar-refractivity contribution >= 4 is 5.69 Å². The molecule has 0 aliphatic carbocycles. The largest absolute Gasteiger partial charge is 0.396 e. The van der Waals surface area contributed by atoms with Crippen LogP contribution in [0.1, 0.15) is 30.9 Å². The second-order valence-electron chi connectivity index (χ2n) is 5.50. The lowest BCUT2D eigenvalue weighted by Crippen LogP contribution is -2.34. The van der Waals surface area contributed by atoms with E-state index in [1.54, 1.807) is 0 Å². The molecule has 1 fully saturated rings. The van der Waals surface area contributed by atoms with E-state index in [1.165, 1.54) is 16.8 Å². The molecule has 0 atom stereocenters. The maximum Gasteiger partial charge on any atom is 0.0460 e. The molecule has 0 unspecified atom stereocenters. The number of hydrogen-bond acceptors (Lipinski definition) is 3. The summed E-state index contributed by atoms with van der Waals surface area (Å²) in [4.78, 5) is 2.44. The molecule has 3 nitrogen and oxygen atoms in total. The number of hydrogen-bond donors (Lipinski definition) is 2. The number of benzene rings is 1. The number of rotatable bonds is 5. The summed E-state index contributed by atoms with van der Waals surface area (Å²) in [5, 5.41) is 12.6. The molecular formula is C16H26N2O. The van der Waals surface area contributed by atoms with Crippen LogP contribution in [0.3, 0.4) is 0 Å². The minimum atomic E-state index is 0.342. The van der Waals surface area contributed by atoms with E-state index in [2.05, 4.69) is 42.3 Å². The van der Waals surface area contributed by atoms with Crippen LogP contribution in [-0.2, 0) is 6.54 Å². The molecule has 1 aromatic rings. The van der Waals surface area contributed by atoms with Crippen molar-refractivity contribution in [3.05, 3.63) is 29.3 Å². The van der Waals surface area contributed by atoms with Crippen molar-refractivity contribution in [2.24, 2.45) is 5.92 Å². The topological polar surface area (TPSA) is 35.5 Å². The highest BCUT2D eigenvalue weighted by molar-refractivity contribution is 5.51. The lowest BCUT2D eigenvalue weighted by atomic mass is 9.97. The summed E-state index contributed by atoms with van der Waals surface area (Å²) in [5.74, 6) is 0.505. The van der Waals surface area contributed by atoms with Crippen molar-refractivity contribution in [2.45, 2.75) is 33.2 Å². The van der Waals surface area contributed by atoms with Crippen molar-refractivity contribution in [1.29, 1.82) is 0 Å². The zero-order valence-electron chi connectivity index (χ0n) is 12.2. The summed E-state index contributed by atoms with van der Waals surface area (Å²) in [5.41, 5.74) is 4.08. The predicted octanol–water partition coefficient (Wildman–Crippen LogP) is 2.31. The Bertz CT molecular complexity index is 398. The first-order valence-corrected chi connectivity index (χ1v) is 7.40. The van der Waals surface area contributed by atoms with Crippen molar-refractivity contribution in [1.82, 2.24) is 5.32 Å². The molecule has 19 heavy (non-hydrogen) atoms. The second-order valence-corrected chi connectivity index (χ2v) is 5.50. The van der Waals surface area contributed by atoms with Crippen LogP contribution >= 0.6 is 0 Å². The molecule has 1 saturated heterocycles. The molecule has 1 heterocycles. The summed E-state index contributed by atoms with van der Waals surface area (Å²) in [7, 11) is 0. The standard InChI is InChI=1S/C16H26N2O/c1-3-17-11-15-4-5-16(10-13(15)2)18-8-6-14(12-19)7-9-18/h4-5,10,14,17,19H,3,6-9,11-12H2,1-2H3. The van der Waals surface area contributed by atoms with Crippen LogP contribution in [0.15, 0.2) is 18.2 Å². The van der Waals surface area contributed by atoms with E-state index in [0.717, 1.165) is 39.0 Å². The normalized spacial score (nSPS) is 16.9. The maximum atomic E-state index is 9.19. The van der Waals surface area contributed by atoms with Gasteiger partial charge in [0.15, 0.2) is 0 Å². The maximum absolute atomic E-state index is 9.19. The van der Waals surface area contributed by atoms with Crippen LogP contribution in [0.4, 0.5) is 5.69 Å². The van der Waals surface area contributed by atoms with Crippen LogP contribution in [0.25, 0.3) is 0 Å². The number of nitrogens with one attached hydrogen (secondary N) is 1. The van der Waals surface area contributed by atoms with E-state index in [9.17, 15) is 5.11 Å². The van der Waals surface area contributed by atoms with Gasteiger partial charge in [-0.05, 0) is 55.5 Å². The summed E-state index contributed by atoms with van der Waals surface area (Å²) < 4.78 is 0. The predicted molar refractivity (Wildman–Crippen MR) is 80.6 cm³/mol.